The number of carbonyl (C=O) groups excluding carboxylic acids is 1. The van der Waals surface area contributed by atoms with Crippen LogP contribution in [0.25, 0.3) is 0 Å². The van der Waals surface area contributed by atoms with Crippen molar-refractivity contribution in [1.29, 1.82) is 0 Å². The summed E-state index contributed by atoms with van der Waals surface area (Å²) in [5, 5.41) is 2.07. The van der Waals surface area contributed by atoms with Gasteiger partial charge in [0.25, 0.3) is 0 Å². The molecule has 1 saturated heterocycles. The number of nitrogens with one attached hydrogen (secondary N) is 1. The van der Waals surface area contributed by atoms with Gasteiger partial charge in [-0.2, -0.15) is 0 Å². The number of hydrogen-bond acceptors (Lipinski definition) is 7. The van der Waals surface area contributed by atoms with Gasteiger partial charge in [0.1, 0.15) is 5.82 Å². The Kier molecular flexibility index (Phi) is 4.18. The van der Waals surface area contributed by atoms with Crippen molar-refractivity contribution in [2.75, 3.05) is 51.5 Å². The monoisotopic (exact) mass is 265 g/mol. The van der Waals surface area contributed by atoms with E-state index < -0.39 is 5.97 Å². The Morgan fingerprint density at radius 2 is 2.11 bits per heavy atom. The van der Waals surface area contributed by atoms with E-state index in [1.165, 1.54) is 13.3 Å². The van der Waals surface area contributed by atoms with Crippen molar-refractivity contribution in [3.8, 4) is 0 Å². The van der Waals surface area contributed by atoms with Crippen molar-refractivity contribution in [2.45, 2.75) is 0 Å². The molecule has 0 atom stereocenters. The maximum Gasteiger partial charge on any atom is 0.340 e. The highest BCUT2D eigenvalue weighted by Gasteiger charge is 2.16. The molecular weight excluding hydrogens is 246 g/mol. The molecule has 2 rings (SSSR count). The van der Waals surface area contributed by atoms with Crippen molar-refractivity contribution in [3.63, 3.8) is 0 Å². The molecule has 0 saturated carbocycles. The molecule has 1 aromatic heterocycles. The Morgan fingerprint density at radius 1 is 1.42 bits per heavy atom. The molecule has 0 unspecified atom stereocenters. The fraction of sp³-hybridized carbons (Fsp3) is 0.500. The maximum absolute atomic E-state index is 11.5. The largest absolute Gasteiger partial charge is 0.465 e. The topological polar surface area (TPSA) is 83.7 Å². The number of nitrogens with zero attached hydrogens (tertiary/aromatic N) is 3. The first-order valence-electron chi connectivity index (χ1n) is 6.14. The number of likely N-dealkylation sites (N-methyl/N-ethyl adjacent to an activating group) is 1. The number of nitrogens with two attached hydrogens (primary N) is 1. The van der Waals surface area contributed by atoms with E-state index in [4.69, 9.17) is 5.73 Å². The van der Waals surface area contributed by atoms with Gasteiger partial charge in [-0.05, 0) is 13.1 Å². The van der Waals surface area contributed by atoms with E-state index in [9.17, 15) is 4.79 Å². The van der Waals surface area contributed by atoms with Crippen LogP contribution in [0.1, 0.15) is 10.4 Å². The summed E-state index contributed by atoms with van der Waals surface area (Å²) in [6.07, 6.45) is 1.46. The third-order valence-electron chi connectivity index (χ3n) is 3.12. The second-order valence-corrected chi connectivity index (χ2v) is 4.55. The molecule has 104 valence electrons. The summed E-state index contributed by atoms with van der Waals surface area (Å²) >= 11 is 0. The molecule has 0 radical (unpaired) electrons. The van der Waals surface area contributed by atoms with Crippen molar-refractivity contribution in [1.82, 2.24) is 14.9 Å². The molecule has 1 aliphatic rings. The average Bonchev–Trinajstić information content (AvgIpc) is 2.42. The van der Waals surface area contributed by atoms with Gasteiger partial charge >= 0.3 is 5.97 Å². The number of methoxy groups -OCH3 is 1. The minimum absolute atomic E-state index is 0.316. The molecule has 7 nitrogen and oxygen atoms in total. The summed E-state index contributed by atoms with van der Waals surface area (Å²) in [5.74, 6) is 0.139. The van der Waals surface area contributed by atoms with Gasteiger partial charge in [0.15, 0.2) is 0 Å². The Bertz CT molecular complexity index is 457. The normalized spacial score (nSPS) is 17.2. The predicted octanol–water partition coefficient (Wildman–Crippen LogP) is 0.0247. The molecule has 7 heteroatoms. The molecule has 0 aromatic carbocycles. The van der Waals surface area contributed by atoms with Gasteiger partial charge in [-0.3, -0.25) is 0 Å². The lowest BCUT2D eigenvalue weighted by Gasteiger charge is -2.32. The summed E-state index contributed by atoms with van der Waals surface area (Å²) in [5.41, 5.74) is 9.53. The lowest BCUT2D eigenvalue weighted by atomic mass is 10.2. The number of pyridine rings is 1. The first-order chi connectivity index (χ1) is 9.10. The molecule has 1 fully saturated rings. The van der Waals surface area contributed by atoms with Crippen LogP contribution >= 0.6 is 0 Å². The smallest absolute Gasteiger partial charge is 0.340 e. The fourth-order valence-electron chi connectivity index (χ4n) is 1.89. The summed E-state index contributed by atoms with van der Waals surface area (Å²) in [6, 6.07) is 1.61. The Labute approximate surface area is 112 Å². The summed E-state index contributed by atoms with van der Waals surface area (Å²) < 4.78 is 4.68. The average molecular weight is 265 g/mol. The number of aromatic nitrogens is 1. The molecule has 19 heavy (non-hydrogen) atoms. The lowest BCUT2D eigenvalue weighted by molar-refractivity contribution is 0.0602. The van der Waals surface area contributed by atoms with E-state index in [-0.39, 0.29) is 0 Å². The highest BCUT2D eigenvalue weighted by molar-refractivity contribution is 5.95. The number of nitrogen functional groups attached to an aromatic ring is 1. The first kappa shape index (κ1) is 13.6. The molecule has 0 spiro atoms. The van der Waals surface area contributed by atoms with Gasteiger partial charge < -0.3 is 20.8 Å². The van der Waals surface area contributed by atoms with Gasteiger partial charge in [-0.1, -0.05) is 0 Å². The number of carbonyl (C=O) groups is 1. The van der Waals surface area contributed by atoms with Crippen LogP contribution in [0.3, 0.4) is 0 Å². The summed E-state index contributed by atoms with van der Waals surface area (Å²) in [7, 11) is 3.42. The van der Waals surface area contributed by atoms with E-state index in [1.54, 1.807) is 6.07 Å². The minimum Gasteiger partial charge on any atom is -0.465 e. The highest BCUT2D eigenvalue weighted by atomic mass is 16.5. The number of rotatable bonds is 3. The van der Waals surface area contributed by atoms with E-state index >= 15 is 0 Å². The zero-order valence-corrected chi connectivity index (χ0v) is 11.2. The number of anilines is 2. The predicted molar refractivity (Wildman–Crippen MR) is 72.7 cm³/mol. The standard InChI is InChI=1S/C12H19N5O2/c1-16-3-5-17(6-4-16)15-11-7-9(12(18)19-2)10(13)8-14-11/h7-8H,3-6,13H2,1-2H3,(H,14,15). The Morgan fingerprint density at radius 3 is 2.74 bits per heavy atom. The highest BCUT2D eigenvalue weighted by Crippen LogP contribution is 2.16. The van der Waals surface area contributed by atoms with Gasteiger partial charge in [-0.25, -0.2) is 14.8 Å². The number of ether oxygens (including phenoxy) is 1. The van der Waals surface area contributed by atoms with E-state index in [1.807, 2.05) is 0 Å². The van der Waals surface area contributed by atoms with E-state index in [2.05, 4.69) is 32.1 Å². The van der Waals surface area contributed by atoms with Gasteiger partial charge in [0.05, 0.1) is 24.6 Å². The van der Waals surface area contributed by atoms with Crippen LogP contribution in [-0.4, -0.2) is 61.2 Å². The molecular formula is C12H19N5O2. The number of hydrazine groups is 1. The third kappa shape index (κ3) is 3.33. The van der Waals surface area contributed by atoms with Crippen molar-refractivity contribution in [3.05, 3.63) is 17.8 Å². The van der Waals surface area contributed by atoms with Crippen molar-refractivity contribution < 1.29 is 9.53 Å². The molecule has 3 N–H and O–H groups in total. The number of esters is 1. The summed E-state index contributed by atoms with van der Waals surface area (Å²) in [6.45, 7) is 3.78. The van der Waals surface area contributed by atoms with Crippen LogP contribution in [0.15, 0.2) is 12.3 Å². The second kappa shape index (κ2) is 5.85. The summed E-state index contributed by atoms with van der Waals surface area (Å²) in [4.78, 5) is 18.0. The van der Waals surface area contributed by atoms with Crippen LogP contribution in [-0.2, 0) is 4.74 Å². The molecule has 2 heterocycles. The Hall–Kier alpha value is -1.86. The van der Waals surface area contributed by atoms with Crippen LogP contribution < -0.4 is 11.2 Å². The van der Waals surface area contributed by atoms with Crippen molar-refractivity contribution >= 4 is 17.5 Å². The second-order valence-electron chi connectivity index (χ2n) is 4.55. The van der Waals surface area contributed by atoms with Gasteiger partial charge in [0, 0.05) is 26.2 Å². The molecule has 1 aromatic rings. The molecule has 0 bridgehead atoms. The van der Waals surface area contributed by atoms with Gasteiger partial charge in [0.2, 0.25) is 0 Å². The van der Waals surface area contributed by atoms with E-state index in [0.717, 1.165) is 26.2 Å². The van der Waals surface area contributed by atoms with E-state index in [0.29, 0.717) is 17.1 Å². The molecule has 1 aliphatic heterocycles. The number of piperazine rings is 1. The maximum atomic E-state index is 11.5. The zero-order valence-electron chi connectivity index (χ0n) is 11.2. The van der Waals surface area contributed by atoms with Crippen LogP contribution in [0.5, 0.6) is 0 Å². The first-order valence-corrected chi connectivity index (χ1v) is 6.14. The third-order valence-corrected chi connectivity index (χ3v) is 3.12. The minimum atomic E-state index is -0.457. The van der Waals surface area contributed by atoms with Crippen LogP contribution in [0.2, 0.25) is 0 Å². The van der Waals surface area contributed by atoms with Crippen LogP contribution in [0, 0.1) is 0 Å². The molecule has 0 amide bonds. The molecule has 0 aliphatic carbocycles. The quantitative estimate of drug-likeness (QED) is 0.746. The lowest BCUT2D eigenvalue weighted by Crippen LogP contribution is -2.47. The Balaban J connectivity index is 2.06. The SMILES string of the molecule is COC(=O)c1cc(NN2CCN(C)CC2)ncc1N. The van der Waals surface area contributed by atoms with Gasteiger partial charge in [-0.15, -0.1) is 0 Å². The van der Waals surface area contributed by atoms with Crippen LogP contribution in [0.4, 0.5) is 11.5 Å². The number of hydrogen-bond donors (Lipinski definition) is 2. The van der Waals surface area contributed by atoms with Crippen molar-refractivity contribution in [2.24, 2.45) is 0 Å². The zero-order chi connectivity index (χ0) is 13.8. The fourth-order valence-corrected chi connectivity index (χ4v) is 1.89.